The molecule has 1 saturated carbocycles. The van der Waals surface area contributed by atoms with Gasteiger partial charge in [0.2, 0.25) is 5.95 Å². The quantitative estimate of drug-likeness (QED) is 0.579. The zero-order chi connectivity index (χ0) is 19.3. The molecule has 2 heterocycles. The van der Waals surface area contributed by atoms with Crippen molar-refractivity contribution in [2.24, 2.45) is 0 Å². The minimum atomic E-state index is 0.392. The lowest BCUT2D eigenvalue weighted by atomic mass is 9.91. The maximum absolute atomic E-state index is 5.50. The molecule has 0 saturated heterocycles. The minimum absolute atomic E-state index is 0.392. The SMILES string of the molecule is CCOc1ccc(Nc2nc(NC3CCC(NC)CC3)nn3ccnc23)cc1. The van der Waals surface area contributed by atoms with E-state index in [-0.39, 0.29) is 0 Å². The first-order valence-electron chi connectivity index (χ1n) is 9.90. The Morgan fingerprint density at radius 1 is 1.11 bits per heavy atom. The maximum Gasteiger partial charge on any atom is 0.243 e. The number of hydrogen-bond donors (Lipinski definition) is 3. The fourth-order valence-corrected chi connectivity index (χ4v) is 3.62. The minimum Gasteiger partial charge on any atom is -0.494 e. The van der Waals surface area contributed by atoms with Crippen molar-refractivity contribution < 1.29 is 4.74 Å². The summed E-state index contributed by atoms with van der Waals surface area (Å²) in [6.07, 6.45) is 8.12. The van der Waals surface area contributed by atoms with Crippen LogP contribution in [0.4, 0.5) is 17.5 Å². The van der Waals surface area contributed by atoms with E-state index in [1.807, 2.05) is 44.4 Å². The van der Waals surface area contributed by atoms with Crippen LogP contribution in [0.1, 0.15) is 32.6 Å². The number of rotatable bonds is 7. The van der Waals surface area contributed by atoms with Crippen molar-refractivity contribution >= 4 is 23.1 Å². The van der Waals surface area contributed by atoms with Crippen molar-refractivity contribution in [2.45, 2.75) is 44.7 Å². The van der Waals surface area contributed by atoms with E-state index in [2.05, 4.69) is 26.0 Å². The Morgan fingerprint density at radius 2 is 1.86 bits per heavy atom. The Kier molecular flexibility index (Phi) is 5.57. The zero-order valence-corrected chi connectivity index (χ0v) is 16.4. The van der Waals surface area contributed by atoms with E-state index in [0.717, 1.165) is 24.3 Å². The van der Waals surface area contributed by atoms with Crippen LogP contribution >= 0.6 is 0 Å². The highest BCUT2D eigenvalue weighted by Gasteiger charge is 2.21. The molecular formula is C20H27N7O. The predicted octanol–water partition coefficient (Wildman–Crippen LogP) is 3.21. The third-order valence-corrected chi connectivity index (χ3v) is 5.15. The molecule has 0 aliphatic heterocycles. The number of nitrogens with one attached hydrogen (secondary N) is 3. The summed E-state index contributed by atoms with van der Waals surface area (Å²) in [5.41, 5.74) is 1.62. The van der Waals surface area contributed by atoms with Gasteiger partial charge in [-0.2, -0.15) is 4.98 Å². The van der Waals surface area contributed by atoms with Gasteiger partial charge in [0.1, 0.15) is 5.75 Å². The molecule has 28 heavy (non-hydrogen) atoms. The van der Waals surface area contributed by atoms with Crippen LogP contribution in [0.3, 0.4) is 0 Å². The summed E-state index contributed by atoms with van der Waals surface area (Å²) in [4.78, 5) is 9.08. The third kappa shape index (κ3) is 4.17. The van der Waals surface area contributed by atoms with E-state index in [1.165, 1.54) is 12.8 Å². The van der Waals surface area contributed by atoms with Crippen LogP contribution in [0.15, 0.2) is 36.7 Å². The molecule has 0 amide bonds. The number of hydrogen-bond acceptors (Lipinski definition) is 7. The van der Waals surface area contributed by atoms with Gasteiger partial charge in [-0.15, -0.1) is 5.10 Å². The molecule has 8 nitrogen and oxygen atoms in total. The molecule has 1 fully saturated rings. The Labute approximate surface area is 164 Å². The Morgan fingerprint density at radius 3 is 2.57 bits per heavy atom. The molecule has 0 radical (unpaired) electrons. The van der Waals surface area contributed by atoms with E-state index in [9.17, 15) is 0 Å². The van der Waals surface area contributed by atoms with Crippen LogP contribution < -0.4 is 20.7 Å². The normalized spacial score (nSPS) is 19.5. The summed E-state index contributed by atoms with van der Waals surface area (Å²) in [7, 11) is 2.04. The Balaban J connectivity index is 1.52. The van der Waals surface area contributed by atoms with E-state index in [1.54, 1.807) is 10.7 Å². The molecule has 2 aromatic heterocycles. The number of aromatic nitrogens is 4. The summed E-state index contributed by atoms with van der Waals surface area (Å²) in [6.45, 7) is 2.63. The molecule has 3 N–H and O–H groups in total. The molecule has 1 aromatic carbocycles. The molecular weight excluding hydrogens is 354 g/mol. The second-order valence-corrected chi connectivity index (χ2v) is 7.04. The van der Waals surface area contributed by atoms with Crippen molar-refractivity contribution in [3.05, 3.63) is 36.7 Å². The van der Waals surface area contributed by atoms with Gasteiger partial charge in [0.25, 0.3) is 0 Å². The first kappa shape index (κ1) is 18.5. The Hall–Kier alpha value is -2.87. The standard InChI is InChI=1S/C20H27N7O/c1-3-28-17-10-8-15(9-11-17)23-18-19-22-12-13-27(19)26-20(25-18)24-16-6-4-14(21-2)5-7-16/h8-14,16,21H,3-7H2,1-2H3,(H2,23,24,25,26). The van der Waals surface area contributed by atoms with Crippen LogP contribution in [0, 0.1) is 0 Å². The van der Waals surface area contributed by atoms with Crippen molar-refractivity contribution in [3.8, 4) is 5.75 Å². The third-order valence-electron chi connectivity index (χ3n) is 5.15. The molecule has 8 heteroatoms. The summed E-state index contributed by atoms with van der Waals surface area (Å²) in [6, 6.07) is 8.83. The van der Waals surface area contributed by atoms with Gasteiger partial charge in [-0.25, -0.2) is 9.50 Å². The summed E-state index contributed by atoms with van der Waals surface area (Å²) >= 11 is 0. The topological polar surface area (TPSA) is 88.4 Å². The van der Waals surface area contributed by atoms with Crippen LogP contribution in [-0.4, -0.2) is 45.3 Å². The van der Waals surface area contributed by atoms with Gasteiger partial charge < -0.3 is 20.7 Å². The van der Waals surface area contributed by atoms with Crippen LogP contribution in [-0.2, 0) is 0 Å². The summed E-state index contributed by atoms with van der Waals surface area (Å²) in [5, 5.41) is 14.8. The monoisotopic (exact) mass is 381 g/mol. The van der Waals surface area contributed by atoms with Crippen LogP contribution in [0.25, 0.3) is 5.65 Å². The van der Waals surface area contributed by atoms with E-state index in [0.29, 0.717) is 36.1 Å². The van der Waals surface area contributed by atoms with Gasteiger partial charge in [-0.1, -0.05) is 0 Å². The smallest absolute Gasteiger partial charge is 0.243 e. The highest BCUT2D eigenvalue weighted by atomic mass is 16.5. The lowest BCUT2D eigenvalue weighted by Gasteiger charge is -2.28. The highest BCUT2D eigenvalue weighted by Crippen LogP contribution is 2.24. The summed E-state index contributed by atoms with van der Waals surface area (Å²) in [5.74, 6) is 2.14. The van der Waals surface area contributed by atoms with Gasteiger partial charge in [0.05, 0.1) is 6.61 Å². The second kappa shape index (κ2) is 8.43. The summed E-state index contributed by atoms with van der Waals surface area (Å²) < 4.78 is 7.26. The zero-order valence-electron chi connectivity index (χ0n) is 16.4. The molecule has 1 aliphatic rings. The van der Waals surface area contributed by atoms with Gasteiger partial charge in [-0.05, 0) is 63.9 Å². The van der Waals surface area contributed by atoms with E-state index in [4.69, 9.17) is 9.72 Å². The molecule has 148 valence electrons. The van der Waals surface area contributed by atoms with E-state index < -0.39 is 0 Å². The van der Waals surface area contributed by atoms with Gasteiger partial charge in [0.15, 0.2) is 11.5 Å². The van der Waals surface area contributed by atoms with Gasteiger partial charge in [-0.3, -0.25) is 0 Å². The van der Waals surface area contributed by atoms with Gasteiger partial charge in [0, 0.05) is 30.2 Å². The largest absolute Gasteiger partial charge is 0.494 e. The molecule has 4 rings (SSSR count). The lowest BCUT2D eigenvalue weighted by molar-refractivity contribution is 0.340. The average Bonchev–Trinajstić information content (AvgIpc) is 3.19. The van der Waals surface area contributed by atoms with Crippen molar-refractivity contribution in [2.75, 3.05) is 24.3 Å². The molecule has 0 spiro atoms. The highest BCUT2D eigenvalue weighted by molar-refractivity contribution is 5.70. The van der Waals surface area contributed by atoms with Gasteiger partial charge >= 0.3 is 0 Å². The number of benzene rings is 1. The number of fused-ring (bicyclic) bond motifs is 1. The maximum atomic E-state index is 5.50. The molecule has 3 aromatic rings. The van der Waals surface area contributed by atoms with Crippen LogP contribution in [0.2, 0.25) is 0 Å². The Bertz CT molecular complexity index is 901. The van der Waals surface area contributed by atoms with Crippen molar-refractivity contribution in [3.63, 3.8) is 0 Å². The van der Waals surface area contributed by atoms with E-state index >= 15 is 0 Å². The molecule has 0 atom stereocenters. The van der Waals surface area contributed by atoms with Crippen molar-refractivity contribution in [1.82, 2.24) is 24.9 Å². The lowest BCUT2D eigenvalue weighted by Crippen LogP contribution is -2.35. The fourth-order valence-electron chi connectivity index (χ4n) is 3.62. The first-order valence-corrected chi connectivity index (χ1v) is 9.90. The number of ether oxygens (including phenoxy) is 1. The predicted molar refractivity (Wildman–Crippen MR) is 110 cm³/mol. The fraction of sp³-hybridized carbons (Fsp3) is 0.450. The van der Waals surface area contributed by atoms with Crippen molar-refractivity contribution in [1.29, 1.82) is 0 Å². The molecule has 0 unspecified atom stereocenters. The second-order valence-electron chi connectivity index (χ2n) is 7.04. The number of anilines is 3. The molecule has 1 aliphatic carbocycles. The number of nitrogens with zero attached hydrogens (tertiary/aromatic N) is 4. The number of imidazole rings is 1. The average molecular weight is 381 g/mol. The van der Waals surface area contributed by atoms with Crippen LogP contribution in [0.5, 0.6) is 5.75 Å². The first-order chi connectivity index (χ1) is 13.7. The molecule has 0 bridgehead atoms.